The van der Waals surface area contributed by atoms with E-state index < -0.39 is 11.9 Å². The van der Waals surface area contributed by atoms with Crippen LogP contribution in [0.25, 0.3) is 0 Å². The SMILES string of the molecule is CN(CC(=O)O)c1ccc(C(N)=O)cc1Br. The van der Waals surface area contributed by atoms with E-state index in [4.69, 9.17) is 10.8 Å². The topological polar surface area (TPSA) is 83.6 Å². The number of hydrogen-bond donors (Lipinski definition) is 2. The Balaban J connectivity index is 2.98. The summed E-state index contributed by atoms with van der Waals surface area (Å²) in [6.45, 7) is -0.117. The maximum atomic E-state index is 10.9. The number of nitrogens with zero attached hydrogens (tertiary/aromatic N) is 1. The van der Waals surface area contributed by atoms with Crippen LogP contribution in [0.3, 0.4) is 0 Å². The van der Waals surface area contributed by atoms with Crippen molar-refractivity contribution in [2.24, 2.45) is 5.73 Å². The van der Waals surface area contributed by atoms with Crippen LogP contribution >= 0.6 is 15.9 Å². The van der Waals surface area contributed by atoms with Gasteiger partial charge in [0.05, 0.1) is 5.69 Å². The molecular weight excluding hydrogens is 276 g/mol. The zero-order valence-corrected chi connectivity index (χ0v) is 10.2. The highest BCUT2D eigenvalue weighted by Crippen LogP contribution is 2.26. The second-order valence-electron chi connectivity index (χ2n) is 3.28. The zero-order valence-electron chi connectivity index (χ0n) is 8.61. The molecule has 0 atom stereocenters. The molecule has 0 aliphatic rings. The van der Waals surface area contributed by atoms with Crippen LogP contribution in [0.5, 0.6) is 0 Å². The van der Waals surface area contributed by atoms with Crippen LogP contribution in [0.15, 0.2) is 22.7 Å². The van der Waals surface area contributed by atoms with Crippen molar-refractivity contribution in [1.82, 2.24) is 0 Å². The number of anilines is 1. The lowest BCUT2D eigenvalue weighted by Gasteiger charge is -2.18. The molecule has 0 fully saturated rings. The summed E-state index contributed by atoms with van der Waals surface area (Å²) in [6, 6.07) is 4.77. The van der Waals surface area contributed by atoms with Crippen molar-refractivity contribution in [3.63, 3.8) is 0 Å². The summed E-state index contributed by atoms with van der Waals surface area (Å²) in [4.78, 5) is 23.0. The molecule has 1 aromatic carbocycles. The summed E-state index contributed by atoms with van der Waals surface area (Å²) >= 11 is 3.26. The van der Waals surface area contributed by atoms with Crippen molar-refractivity contribution >= 4 is 33.5 Å². The molecule has 0 saturated heterocycles. The van der Waals surface area contributed by atoms with E-state index in [9.17, 15) is 9.59 Å². The number of amides is 1. The zero-order chi connectivity index (χ0) is 12.3. The van der Waals surface area contributed by atoms with Gasteiger partial charge in [-0.1, -0.05) is 0 Å². The molecule has 1 aromatic rings. The summed E-state index contributed by atoms with van der Waals surface area (Å²) in [6.07, 6.45) is 0. The van der Waals surface area contributed by atoms with Gasteiger partial charge in [-0.05, 0) is 34.1 Å². The highest BCUT2D eigenvalue weighted by molar-refractivity contribution is 9.10. The minimum absolute atomic E-state index is 0.117. The molecule has 0 heterocycles. The maximum Gasteiger partial charge on any atom is 0.323 e. The largest absolute Gasteiger partial charge is 0.480 e. The summed E-state index contributed by atoms with van der Waals surface area (Å²) in [5.74, 6) is -1.44. The smallest absolute Gasteiger partial charge is 0.323 e. The average molecular weight is 287 g/mol. The number of carboxylic acids is 1. The van der Waals surface area contributed by atoms with Crippen LogP contribution in [-0.4, -0.2) is 30.6 Å². The van der Waals surface area contributed by atoms with E-state index in [1.165, 1.54) is 0 Å². The molecule has 86 valence electrons. The molecule has 0 aliphatic carbocycles. The van der Waals surface area contributed by atoms with E-state index in [0.29, 0.717) is 15.7 Å². The monoisotopic (exact) mass is 286 g/mol. The minimum Gasteiger partial charge on any atom is -0.480 e. The third-order valence-corrected chi connectivity index (χ3v) is 2.65. The van der Waals surface area contributed by atoms with Gasteiger partial charge in [0.15, 0.2) is 0 Å². The fraction of sp³-hybridized carbons (Fsp3) is 0.200. The second-order valence-corrected chi connectivity index (χ2v) is 4.13. The number of primary amides is 1. The number of halogens is 1. The molecular formula is C10H11BrN2O3. The van der Waals surface area contributed by atoms with Crippen molar-refractivity contribution in [1.29, 1.82) is 0 Å². The Bertz CT molecular complexity index is 434. The minimum atomic E-state index is -0.923. The number of likely N-dealkylation sites (N-methyl/N-ethyl adjacent to an activating group) is 1. The molecule has 0 saturated carbocycles. The van der Waals surface area contributed by atoms with E-state index in [1.54, 1.807) is 30.1 Å². The number of hydrogen-bond acceptors (Lipinski definition) is 3. The summed E-state index contributed by atoms with van der Waals surface area (Å²) in [7, 11) is 1.65. The number of benzene rings is 1. The van der Waals surface area contributed by atoms with Crippen molar-refractivity contribution < 1.29 is 14.7 Å². The first-order valence-electron chi connectivity index (χ1n) is 4.44. The molecule has 1 amide bonds. The van der Waals surface area contributed by atoms with Crippen LogP contribution in [0, 0.1) is 0 Å². The lowest BCUT2D eigenvalue weighted by atomic mass is 10.2. The van der Waals surface area contributed by atoms with Gasteiger partial charge >= 0.3 is 5.97 Å². The Hall–Kier alpha value is -1.56. The third kappa shape index (κ3) is 2.96. The van der Waals surface area contributed by atoms with Gasteiger partial charge in [0.2, 0.25) is 5.91 Å². The lowest BCUT2D eigenvalue weighted by molar-refractivity contribution is -0.135. The molecule has 16 heavy (non-hydrogen) atoms. The van der Waals surface area contributed by atoms with E-state index in [2.05, 4.69) is 15.9 Å². The van der Waals surface area contributed by atoms with Crippen LogP contribution in [0.4, 0.5) is 5.69 Å². The van der Waals surface area contributed by atoms with Crippen molar-refractivity contribution in [2.75, 3.05) is 18.5 Å². The Morgan fingerprint density at radius 1 is 1.50 bits per heavy atom. The number of carbonyl (C=O) groups is 2. The van der Waals surface area contributed by atoms with Gasteiger partial charge in [-0.2, -0.15) is 0 Å². The molecule has 0 spiro atoms. The molecule has 0 unspecified atom stereocenters. The van der Waals surface area contributed by atoms with Gasteiger partial charge in [-0.25, -0.2) is 0 Å². The molecule has 0 bridgehead atoms. The highest BCUT2D eigenvalue weighted by atomic mass is 79.9. The first-order chi connectivity index (χ1) is 7.41. The number of nitrogens with two attached hydrogens (primary N) is 1. The van der Waals surface area contributed by atoms with Gasteiger partial charge in [0, 0.05) is 17.1 Å². The molecule has 0 radical (unpaired) electrons. The third-order valence-electron chi connectivity index (χ3n) is 2.02. The standard InChI is InChI=1S/C10H11BrN2O3/c1-13(5-9(14)15)8-3-2-6(10(12)16)4-7(8)11/h2-4H,5H2,1H3,(H2,12,16)(H,14,15). The fourth-order valence-electron chi connectivity index (χ4n) is 1.26. The Morgan fingerprint density at radius 2 is 2.12 bits per heavy atom. The van der Waals surface area contributed by atoms with Crippen LogP contribution in [-0.2, 0) is 4.79 Å². The summed E-state index contributed by atoms with van der Waals surface area (Å²) in [5, 5.41) is 8.65. The number of carboxylic acid groups (broad SMARTS) is 1. The Morgan fingerprint density at radius 3 is 2.56 bits per heavy atom. The van der Waals surface area contributed by atoms with Gasteiger partial charge in [0.1, 0.15) is 6.54 Å². The Labute approximate surface area is 101 Å². The van der Waals surface area contributed by atoms with E-state index in [-0.39, 0.29) is 6.54 Å². The Kier molecular flexibility index (Phi) is 3.89. The maximum absolute atomic E-state index is 10.9. The van der Waals surface area contributed by atoms with E-state index >= 15 is 0 Å². The molecule has 1 rings (SSSR count). The molecule has 3 N–H and O–H groups in total. The summed E-state index contributed by atoms with van der Waals surface area (Å²) in [5.41, 5.74) is 6.18. The number of aliphatic carboxylic acids is 1. The van der Waals surface area contributed by atoms with Crippen molar-refractivity contribution in [3.05, 3.63) is 28.2 Å². The predicted molar refractivity (Wildman–Crippen MR) is 63.6 cm³/mol. The highest BCUT2D eigenvalue weighted by Gasteiger charge is 2.11. The molecule has 5 nitrogen and oxygen atoms in total. The van der Waals surface area contributed by atoms with Crippen LogP contribution in [0.1, 0.15) is 10.4 Å². The first kappa shape index (κ1) is 12.5. The second kappa shape index (κ2) is 4.98. The van der Waals surface area contributed by atoms with Gasteiger partial charge in [-0.15, -0.1) is 0 Å². The molecule has 0 aromatic heterocycles. The van der Waals surface area contributed by atoms with Crippen LogP contribution in [0.2, 0.25) is 0 Å². The number of carbonyl (C=O) groups excluding carboxylic acids is 1. The quantitative estimate of drug-likeness (QED) is 0.867. The average Bonchev–Trinajstić information content (AvgIpc) is 2.15. The fourth-order valence-corrected chi connectivity index (χ4v) is 1.94. The molecule has 0 aliphatic heterocycles. The van der Waals surface area contributed by atoms with Crippen LogP contribution < -0.4 is 10.6 Å². The van der Waals surface area contributed by atoms with E-state index in [0.717, 1.165) is 0 Å². The number of rotatable bonds is 4. The van der Waals surface area contributed by atoms with Gasteiger partial charge < -0.3 is 15.7 Å². The van der Waals surface area contributed by atoms with Gasteiger partial charge in [0.25, 0.3) is 0 Å². The van der Waals surface area contributed by atoms with Crippen molar-refractivity contribution in [3.8, 4) is 0 Å². The predicted octanol–water partition coefficient (Wildman–Crippen LogP) is 1.07. The van der Waals surface area contributed by atoms with E-state index in [1.807, 2.05) is 0 Å². The molecule has 6 heteroatoms. The summed E-state index contributed by atoms with van der Waals surface area (Å²) < 4.78 is 0.632. The first-order valence-corrected chi connectivity index (χ1v) is 5.23. The van der Waals surface area contributed by atoms with Gasteiger partial charge in [-0.3, -0.25) is 9.59 Å². The lowest BCUT2D eigenvalue weighted by Crippen LogP contribution is -2.25. The van der Waals surface area contributed by atoms with Crippen molar-refractivity contribution in [2.45, 2.75) is 0 Å². The normalized spacial score (nSPS) is 9.88.